The van der Waals surface area contributed by atoms with Crippen LogP contribution in [0, 0.1) is 6.92 Å². The highest BCUT2D eigenvalue weighted by molar-refractivity contribution is 7.25. The van der Waals surface area contributed by atoms with E-state index < -0.39 is 0 Å². The fourth-order valence-corrected chi connectivity index (χ4v) is 4.68. The second-order valence-electron chi connectivity index (χ2n) is 6.34. The molecule has 114 valence electrons. The Morgan fingerprint density at radius 2 is 1.38 bits per heavy atom. The number of hydrogen-bond donors (Lipinski definition) is 0. The zero-order valence-electron chi connectivity index (χ0n) is 13.4. The van der Waals surface area contributed by atoms with Crippen LogP contribution in [-0.2, 0) is 0 Å². The quantitative estimate of drug-likeness (QED) is 0.306. The van der Waals surface area contributed by atoms with Gasteiger partial charge in [0.25, 0.3) is 0 Å². The first-order chi connectivity index (χ1) is 11.8. The maximum Gasteiger partial charge on any atom is 0.0355 e. The van der Waals surface area contributed by atoms with Crippen LogP contribution >= 0.6 is 11.3 Å². The van der Waals surface area contributed by atoms with Gasteiger partial charge in [0.1, 0.15) is 0 Å². The Bertz CT molecular complexity index is 1210. The Hall–Kier alpha value is -2.64. The van der Waals surface area contributed by atoms with Crippen molar-refractivity contribution < 1.29 is 0 Å². The number of hydrogen-bond acceptors (Lipinski definition) is 1. The highest BCUT2D eigenvalue weighted by Crippen LogP contribution is 2.38. The molecule has 1 heteroatoms. The third kappa shape index (κ3) is 2.05. The molecule has 0 nitrogen and oxygen atoms in total. The lowest BCUT2D eigenvalue weighted by Gasteiger charge is -2.09. The van der Waals surface area contributed by atoms with Crippen LogP contribution in [0.4, 0.5) is 0 Å². The molecule has 0 amide bonds. The first-order valence-electron chi connectivity index (χ1n) is 8.21. The Balaban J connectivity index is 1.85. The first kappa shape index (κ1) is 13.8. The lowest BCUT2D eigenvalue weighted by Crippen LogP contribution is -1.84. The fraction of sp³-hybridized carbons (Fsp3) is 0.0435. The molecule has 0 radical (unpaired) electrons. The van der Waals surface area contributed by atoms with E-state index in [0.29, 0.717) is 0 Å². The van der Waals surface area contributed by atoms with Gasteiger partial charge >= 0.3 is 0 Å². The van der Waals surface area contributed by atoms with E-state index >= 15 is 0 Å². The molecular formula is C23H16S. The summed E-state index contributed by atoms with van der Waals surface area (Å²) in [7, 11) is 0. The monoisotopic (exact) mass is 324 g/mol. The third-order valence-electron chi connectivity index (χ3n) is 4.69. The van der Waals surface area contributed by atoms with Gasteiger partial charge in [0, 0.05) is 20.2 Å². The lowest BCUT2D eigenvalue weighted by atomic mass is 9.95. The minimum Gasteiger partial charge on any atom is -0.135 e. The molecule has 0 aliphatic rings. The maximum absolute atomic E-state index is 2.36. The van der Waals surface area contributed by atoms with Crippen LogP contribution in [0.25, 0.3) is 42.1 Å². The Morgan fingerprint density at radius 1 is 0.625 bits per heavy atom. The van der Waals surface area contributed by atoms with Crippen molar-refractivity contribution in [1.82, 2.24) is 0 Å². The minimum absolute atomic E-state index is 1.30. The van der Waals surface area contributed by atoms with Gasteiger partial charge in [-0.1, -0.05) is 60.7 Å². The molecule has 0 spiro atoms. The van der Waals surface area contributed by atoms with Crippen LogP contribution < -0.4 is 0 Å². The van der Waals surface area contributed by atoms with Gasteiger partial charge in [-0.2, -0.15) is 0 Å². The van der Waals surface area contributed by atoms with Gasteiger partial charge < -0.3 is 0 Å². The fourth-order valence-electron chi connectivity index (χ4n) is 3.59. The van der Waals surface area contributed by atoms with E-state index in [1.54, 1.807) is 0 Å². The molecule has 0 N–H and O–H groups in total. The molecule has 5 aromatic rings. The van der Waals surface area contributed by atoms with Gasteiger partial charge in [0.15, 0.2) is 0 Å². The second kappa shape index (κ2) is 5.19. The van der Waals surface area contributed by atoms with E-state index in [-0.39, 0.29) is 0 Å². The van der Waals surface area contributed by atoms with Crippen molar-refractivity contribution in [2.75, 3.05) is 0 Å². The van der Waals surface area contributed by atoms with Gasteiger partial charge in [0.05, 0.1) is 0 Å². The lowest BCUT2D eigenvalue weighted by molar-refractivity contribution is 1.50. The second-order valence-corrected chi connectivity index (χ2v) is 7.43. The standard InChI is InChI=1S/C23H16S/c1-15-12-16-6-2-3-7-18(16)20(13-15)17-10-11-23-21(14-17)19-8-4-5-9-22(19)24-23/h2-14H,1H3. The largest absolute Gasteiger partial charge is 0.135 e. The summed E-state index contributed by atoms with van der Waals surface area (Å²) in [5.74, 6) is 0. The average Bonchev–Trinajstić information content (AvgIpc) is 2.99. The topological polar surface area (TPSA) is 0 Å². The van der Waals surface area contributed by atoms with Crippen LogP contribution in [0.5, 0.6) is 0 Å². The zero-order chi connectivity index (χ0) is 16.1. The predicted octanol–water partition coefficient (Wildman–Crippen LogP) is 7.18. The van der Waals surface area contributed by atoms with Gasteiger partial charge in [0.2, 0.25) is 0 Å². The van der Waals surface area contributed by atoms with Crippen molar-refractivity contribution in [3.63, 3.8) is 0 Å². The predicted molar refractivity (Wildman–Crippen MR) is 107 cm³/mol. The molecule has 24 heavy (non-hydrogen) atoms. The molecule has 0 aliphatic carbocycles. The van der Waals surface area contributed by atoms with E-state index in [0.717, 1.165) is 0 Å². The van der Waals surface area contributed by atoms with E-state index in [4.69, 9.17) is 0 Å². The van der Waals surface area contributed by atoms with Crippen molar-refractivity contribution in [3.05, 3.63) is 84.4 Å². The zero-order valence-corrected chi connectivity index (χ0v) is 14.2. The van der Waals surface area contributed by atoms with Crippen molar-refractivity contribution in [2.24, 2.45) is 0 Å². The van der Waals surface area contributed by atoms with Gasteiger partial charge in [-0.15, -0.1) is 11.3 Å². The summed E-state index contributed by atoms with van der Waals surface area (Å²) in [6, 6.07) is 28.8. The summed E-state index contributed by atoms with van der Waals surface area (Å²) in [5.41, 5.74) is 3.92. The number of aryl methyl sites for hydroxylation is 1. The van der Waals surface area contributed by atoms with Gasteiger partial charge in [-0.3, -0.25) is 0 Å². The average molecular weight is 324 g/mol. The van der Waals surface area contributed by atoms with E-state index in [9.17, 15) is 0 Å². The summed E-state index contributed by atoms with van der Waals surface area (Å²) >= 11 is 1.87. The molecule has 4 aromatic carbocycles. The summed E-state index contributed by atoms with van der Waals surface area (Å²) in [6.07, 6.45) is 0. The van der Waals surface area contributed by atoms with E-state index in [1.165, 1.54) is 47.6 Å². The molecule has 0 atom stereocenters. The summed E-state index contributed by atoms with van der Waals surface area (Å²) in [4.78, 5) is 0. The van der Waals surface area contributed by atoms with Crippen molar-refractivity contribution in [2.45, 2.75) is 6.92 Å². The molecule has 5 rings (SSSR count). The highest BCUT2D eigenvalue weighted by atomic mass is 32.1. The molecular weight excluding hydrogens is 308 g/mol. The number of benzene rings is 4. The maximum atomic E-state index is 2.36. The van der Waals surface area contributed by atoms with Crippen molar-refractivity contribution in [1.29, 1.82) is 0 Å². The van der Waals surface area contributed by atoms with E-state index in [1.807, 2.05) is 11.3 Å². The number of thiophene rings is 1. The van der Waals surface area contributed by atoms with Crippen LogP contribution in [0.2, 0.25) is 0 Å². The van der Waals surface area contributed by atoms with Crippen LogP contribution in [0.1, 0.15) is 5.56 Å². The van der Waals surface area contributed by atoms with Crippen LogP contribution in [-0.4, -0.2) is 0 Å². The normalized spacial score (nSPS) is 11.5. The molecule has 0 saturated carbocycles. The van der Waals surface area contributed by atoms with Crippen LogP contribution in [0.15, 0.2) is 78.9 Å². The summed E-state index contributed by atoms with van der Waals surface area (Å²) in [5, 5.41) is 5.35. The molecule has 0 fully saturated rings. The minimum atomic E-state index is 1.30. The number of fused-ring (bicyclic) bond motifs is 4. The van der Waals surface area contributed by atoms with Gasteiger partial charge in [-0.25, -0.2) is 0 Å². The van der Waals surface area contributed by atoms with Gasteiger partial charge in [-0.05, 0) is 52.6 Å². The molecule has 0 saturated heterocycles. The van der Waals surface area contributed by atoms with Crippen LogP contribution in [0.3, 0.4) is 0 Å². The smallest absolute Gasteiger partial charge is 0.0355 e. The molecule has 0 bridgehead atoms. The highest BCUT2D eigenvalue weighted by Gasteiger charge is 2.09. The molecule has 0 unspecified atom stereocenters. The Kier molecular flexibility index (Phi) is 2.97. The van der Waals surface area contributed by atoms with Crippen molar-refractivity contribution in [3.8, 4) is 11.1 Å². The van der Waals surface area contributed by atoms with E-state index in [2.05, 4.69) is 85.8 Å². The first-order valence-corrected chi connectivity index (χ1v) is 9.02. The third-order valence-corrected chi connectivity index (χ3v) is 5.85. The Labute approximate surface area is 145 Å². The van der Waals surface area contributed by atoms with Crippen molar-refractivity contribution >= 4 is 42.3 Å². The molecule has 1 aromatic heterocycles. The summed E-state index contributed by atoms with van der Waals surface area (Å²) in [6.45, 7) is 2.18. The summed E-state index contributed by atoms with van der Waals surface area (Å²) < 4.78 is 2.72. The number of rotatable bonds is 1. The SMILES string of the molecule is Cc1cc(-c2ccc3sc4ccccc4c3c2)c2ccccc2c1. The molecule has 1 heterocycles. The molecule has 0 aliphatic heterocycles. The Morgan fingerprint density at radius 3 is 2.29 bits per heavy atom.